The Balaban J connectivity index is 2.98. The lowest BCUT2D eigenvalue weighted by Crippen LogP contribution is -2.53. The largest absolute Gasteiger partial charge is 0.491 e. The van der Waals surface area contributed by atoms with E-state index in [1.54, 1.807) is 52.0 Å². The Bertz CT molecular complexity index is 479. The summed E-state index contributed by atoms with van der Waals surface area (Å²) in [5.74, 6) is -0.980. The number of carbonyl (C=O) groups is 1. The first-order valence-corrected chi connectivity index (χ1v) is 6.42. The molecule has 0 heterocycles. The maximum absolute atomic E-state index is 10.8. The first-order valence-electron chi connectivity index (χ1n) is 6.42. The Morgan fingerprint density at radius 2 is 1.80 bits per heavy atom. The predicted molar refractivity (Wildman–Crippen MR) is 76.9 cm³/mol. The first kappa shape index (κ1) is 16.7. The van der Waals surface area contributed by atoms with E-state index in [4.69, 9.17) is 9.76 Å². The normalized spacial score (nSPS) is 12.3. The zero-order valence-corrected chi connectivity index (χ0v) is 12.3. The fourth-order valence-corrected chi connectivity index (χ4v) is 1.59. The van der Waals surface area contributed by atoms with Gasteiger partial charge >= 0.3 is 13.1 Å². The van der Waals surface area contributed by atoms with E-state index in [0.717, 1.165) is 0 Å². The third-order valence-electron chi connectivity index (χ3n) is 3.54. The van der Waals surface area contributed by atoms with Crippen LogP contribution in [0.4, 0.5) is 0 Å². The van der Waals surface area contributed by atoms with Gasteiger partial charge in [-0.05, 0) is 38.7 Å². The lowest BCUT2D eigenvalue weighted by molar-refractivity contribution is -0.136. The molecule has 0 aliphatic heterocycles. The minimum atomic E-state index is -1.30. The van der Waals surface area contributed by atoms with Gasteiger partial charge < -0.3 is 19.9 Å². The Kier molecular flexibility index (Phi) is 4.97. The zero-order chi connectivity index (χ0) is 15.6. The highest BCUT2D eigenvalue weighted by molar-refractivity contribution is 6.60. The van der Waals surface area contributed by atoms with E-state index in [1.807, 2.05) is 0 Å². The van der Waals surface area contributed by atoms with Gasteiger partial charge in [0.2, 0.25) is 0 Å². The summed E-state index contributed by atoms with van der Waals surface area (Å²) in [4.78, 5) is 10.8. The fraction of sp³-hybridized carbons (Fsp3) is 0.500. The molecule has 0 spiro atoms. The van der Waals surface area contributed by atoms with Crippen LogP contribution in [-0.4, -0.2) is 39.5 Å². The van der Waals surface area contributed by atoms with E-state index in [-0.39, 0.29) is 6.42 Å². The number of benzene rings is 1. The van der Waals surface area contributed by atoms with Crippen molar-refractivity contribution in [1.29, 1.82) is 0 Å². The average Bonchev–Trinajstić information content (AvgIpc) is 2.26. The monoisotopic (exact) mass is 280 g/mol. The van der Waals surface area contributed by atoms with Crippen LogP contribution in [-0.2, 0) is 15.9 Å². The minimum absolute atomic E-state index is 0.195. The molecule has 110 valence electrons. The second-order valence-corrected chi connectivity index (χ2v) is 5.81. The third-order valence-corrected chi connectivity index (χ3v) is 3.54. The van der Waals surface area contributed by atoms with Crippen molar-refractivity contribution in [2.45, 2.75) is 45.3 Å². The minimum Gasteiger partial charge on any atom is -0.481 e. The van der Waals surface area contributed by atoms with Crippen LogP contribution in [0.1, 0.15) is 33.3 Å². The number of aliphatic carboxylic acids is 1. The molecule has 0 fully saturated rings. The topological polar surface area (TPSA) is 87.0 Å². The standard InChI is InChI=1S/C14H21BO5/c1-13(2,18)14(3,4)20-15(19)11-8-6-5-7-10(11)9-12(16)17/h5-8,18-19H,9H2,1-4H3,(H,16,17). The van der Waals surface area contributed by atoms with Crippen molar-refractivity contribution < 1.29 is 24.7 Å². The summed E-state index contributed by atoms with van der Waals surface area (Å²) in [5, 5.41) is 29.1. The SMILES string of the molecule is CC(C)(O)C(C)(C)OB(O)c1ccccc1CC(=O)O. The number of aliphatic hydroxyl groups is 1. The second-order valence-electron chi connectivity index (χ2n) is 5.81. The van der Waals surface area contributed by atoms with Crippen LogP contribution in [0, 0.1) is 0 Å². The molecule has 3 N–H and O–H groups in total. The highest BCUT2D eigenvalue weighted by Crippen LogP contribution is 2.25. The van der Waals surface area contributed by atoms with Gasteiger partial charge in [0, 0.05) is 0 Å². The van der Waals surface area contributed by atoms with Crippen molar-refractivity contribution >= 4 is 18.6 Å². The van der Waals surface area contributed by atoms with Gasteiger partial charge in [-0.25, -0.2) is 0 Å². The molecule has 0 aliphatic rings. The van der Waals surface area contributed by atoms with Gasteiger partial charge in [0.15, 0.2) is 0 Å². The molecule has 0 radical (unpaired) electrons. The van der Waals surface area contributed by atoms with Crippen molar-refractivity contribution in [3.63, 3.8) is 0 Å². The van der Waals surface area contributed by atoms with Crippen LogP contribution < -0.4 is 5.46 Å². The van der Waals surface area contributed by atoms with E-state index < -0.39 is 24.3 Å². The first-order chi connectivity index (χ1) is 9.04. The van der Waals surface area contributed by atoms with Gasteiger partial charge in [-0.2, -0.15) is 0 Å². The molecule has 0 saturated carbocycles. The highest BCUT2D eigenvalue weighted by Gasteiger charge is 2.40. The second kappa shape index (κ2) is 5.95. The maximum Gasteiger partial charge on any atom is 0.491 e. The van der Waals surface area contributed by atoms with Crippen molar-refractivity contribution in [3.05, 3.63) is 29.8 Å². The maximum atomic E-state index is 10.8. The fourth-order valence-electron chi connectivity index (χ4n) is 1.59. The molecule has 0 aliphatic carbocycles. The summed E-state index contributed by atoms with van der Waals surface area (Å²) in [7, 11) is -1.30. The lowest BCUT2D eigenvalue weighted by Gasteiger charge is -2.38. The number of hydrogen-bond acceptors (Lipinski definition) is 4. The van der Waals surface area contributed by atoms with Crippen molar-refractivity contribution in [3.8, 4) is 0 Å². The summed E-state index contributed by atoms with van der Waals surface area (Å²) in [5.41, 5.74) is -1.27. The van der Waals surface area contributed by atoms with E-state index >= 15 is 0 Å². The molecule has 0 bridgehead atoms. The van der Waals surface area contributed by atoms with Gasteiger partial charge in [-0.15, -0.1) is 0 Å². The molecule has 1 aromatic rings. The third kappa shape index (κ3) is 4.06. The highest BCUT2D eigenvalue weighted by atomic mass is 16.5. The Labute approximate surface area is 119 Å². The quantitative estimate of drug-likeness (QED) is 0.663. The number of hydrogen-bond donors (Lipinski definition) is 3. The number of rotatable bonds is 6. The van der Waals surface area contributed by atoms with E-state index in [0.29, 0.717) is 11.0 Å². The molecule has 5 nitrogen and oxygen atoms in total. The summed E-state index contributed by atoms with van der Waals surface area (Å²) in [6, 6.07) is 6.65. The number of carboxylic acids is 1. The molecule has 0 amide bonds. The van der Waals surface area contributed by atoms with Gasteiger partial charge in [0.25, 0.3) is 0 Å². The smallest absolute Gasteiger partial charge is 0.481 e. The molecule has 0 aromatic heterocycles. The van der Waals surface area contributed by atoms with Crippen LogP contribution >= 0.6 is 0 Å². The van der Waals surface area contributed by atoms with Gasteiger partial charge in [0.1, 0.15) is 0 Å². The molecule has 0 atom stereocenters. The van der Waals surface area contributed by atoms with E-state index in [1.165, 1.54) is 0 Å². The molecule has 20 heavy (non-hydrogen) atoms. The van der Waals surface area contributed by atoms with E-state index in [9.17, 15) is 14.9 Å². The van der Waals surface area contributed by atoms with Crippen LogP contribution in [0.5, 0.6) is 0 Å². The van der Waals surface area contributed by atoms with Crippen molar-refractivity contribution in [2.24, 2.45) is 0 Å². The predicted octanol–water partition coefficient (Wildman–Crippen LogP) is 0.567. The molecule has 0 unspecified atom stereocenters. The van der Waals surface area contributed by atoms with Gasteiger partial charge in [-0.1, -0.05) is 24.3 Å². The molecule has 0 saturated heterocycles. The Morgan fingerprint density at radius 3 is 2.30 bits per heavy atom. The molecular weight excluding hydrogens is 259 g/mol. The summed E-state index contributed by atoms with van der Waals surface area (Å²) >= 11 is 0. The Hall–Kier alpha value is -1.37. The van der Waals surface area contributed by atoms with Crippen LogP contribution in [0.2, 0.25) is 0 Å². The molecule has 1 aromatic carbocycles. The molecular formula is C14H21BO5. The molecule has 6 heteroatoms. The average molecular weight is 280 g/mol. The van der Waals surface area contributed by atoms with Crippen LogP contribution in [0.15, 0.2) is 24.3 Å². The lowest BCUT2D eigenvalue weighted by atomic mass is 9.73. The van der Waals surface area contributed by atoms with Crippen LogP contribution in [0.25, 0.3) is 0 Å². The zero-order valence-electron chi connectivity index (χ0n) is 12.3. The summed E-state index contributed by atoms with van der Waals surface area (Å²) in [6.45, 7) is 6.50. The van der Waals surface area contributed by atoms with Crippen LogP contribution in [0.3, 0.4) is 0 Å². The van der Waals surface area contributed by atoms with Crippen molar-refractivity contribution in [1.82, 2.24) is 0 Å². The van der Waals surface area contributed by atoms with Gasteiger partial charge in [0.05, 0.1) is 17.6 Å². The summed E-state index contributed by atoms with van der Waals surface area (Å²) in [6.07, 6.45) is -0.195. The molecule has 1 rings (SSSR count). The van der Waals surface area contributed by atoms with Gasteiger partial charge in [-0.3, -0.25) is 4.79 Å². The Morgan fingerprint density at radius 1 is 1.25 bits per heavy atom. The summed E-state index contributed by atoms with van der Waals surface area (Å²) < 4.78 is 5.52. The van der Waals surface area contributed by atoms with Crippen molar-refractivity contribution in [2.75, 3.05) is 0 Å². The number of carboxylic acid groups (broad SMARTS) is 1. The van der Waals surface area contributed by atoms with E-state index in [2.05, 4.69) is 0 Å².